The van der Waals surface area contributed by atoms with Gasteiger partial charge in [0.25, 0.3) is 0 Å². The Bertz CT molecular complexity index is 1740. The zero-order valence-electron chi connectivity index (χ0n) is 28.4. The van der Waals surface area contributed by atoms with E-state index in [-0.39, 0.29) is 43.3 Å². The summed E-state index contributed by atoms with van der Waals surface area (Å²) in [5, 5.41) is 10.8. The fourth-order valence-corrected chi connectivity index (χ4v) is 11.4. The Morgan fingerprint density at radius 3 is 1.84 bits per heavy atom. The summed E-state index contributed by atoms with van der Waals surface area (Å²) in [6.45, 7) is 2.47. The first-order chi connectivity index (χ1) is 24.4. The Hall–Kier alpha value is 0.900. The van der Waals surface area contributed by atoms with Gasteiger partial charge in [-0.1, -0.05) is 172 Å². The third kappa shape index (κ3) is 11.3. The number of fused-ring (bicyclic) bond motifs is 2. The second-order valence-corrected chi connectivity index (χ2v) is 19.3. The average Bonchev–Trinajstić information content (AvgIpc) is 3.11. The average molecular weight is 1230 g/mol. The summed E-state index contributed by atoms with van der Waals surface area (Å²) in [7, 11) is 0. The third-order valence-corrected chi connectivity index (χ3v) is 15.0. The number of unbranched alkanes of at least 4 members (excludes halogenated alkanes) is 15. The van der Waals surface area contributed by atoms with E-state index in [0.29, 0.717) is 45.4 Å². The number of benzene rings is 2. The maximum absolute atomic E-state index is 13.9. The standard InChI is InChI=1S/C38H42Cl4I4O5/c1-2-3-4-5-6-7-8-9-10-11-12-13-14-15-16-17-18-50-38(49)27-26(28(39)30(41)31(42)29(27)40)25-21-19-23(43)34(47)32(45)36(21)51-37-22(25)20-24(44)35(48)33(37)46/h19-20,32,34,47H,2-18H2,1H3. The minimum atomic E-state index is -0.835. The third-order valence-electron chi connectivity index (χ3n) is 9.19. The van der Waals surface area contributed by atoms with Gasteiger partial charge in [0.05, 0.1) is 35.8 Å². The quantitative estimate of drug-likeness (QED) is 0.0323. The molecule has 2 atom stereocenters. The van der Waals surface area contributed by atoms with E-state index in [0.717, 1.165) is 12.8 Å². The number of ether oxygens (including phenoxy) is 1. The second kappa shape index (κ2) is 22.0. The number of hydrogen-bond acceptors (Lipinski definition) is 5. The molecule has 0 spiro atoms. The van der Waals surface area contributed by atoms with Gasteiger partial charge >= 0.3 is 5.97 Å². The monoisotopic (exact) mass is 1230 g/mol. The minimum Gasteiger partial charge on any atom is -0.462 e. The normalized spacial score (nSPS) is 15.7. The maximum Gasteiger partial charge on any atom is 0.340 e. The van der Waals surface area contributed by atoms with Gasteiger partial charge in [-0.25, -0.2) is 4.79 Å². The topological polar surface area (TPSA) is 76.7 Å². The summed E-state index contributed by atoms with van der Waals surface area (Å²) in [6.07, 6.45) is 21.0. The highest BCUT2D eigenvalue weighted by atomic mass is 127. The van der Waals surface area contributed by atoms with E-state index < -0.39 is 16.0 Å². The maximum atomic E-state index is 13.9. The lowest BCUT2D eigenvalue weighted by atomic mass is 9.86. The molecule has 13 heteroatoms. The molecule has 51 heavy (non-hydrogen) atoms. The Labute approximate surface area is 376 Å². The van der Waals surface area contributed by atoms with Gasteiger partial charge in [-0.05, 0) is 86.3 Å². The number of alkyl halides is 1. The van der Waals surface area contributed by atoms with Crippen molar-refractivity contribution < 1.29 is 19.1 Å². The molecule has 0 fully saturated rings. The van der Waals surface area contributed by atoms with Gasteiger partial charge in [-0.2, -0.15) is 0 Å². The molecule has 3 aliphatic rings. The first-order valence-corrected chi connectivity index (χ1v) is 23.6. The van der Waals surface area contributed by atoms with Crippen LogP contribution in [0.4, 0.5) is 0 Å². The van der Waals surface area contributed by atoms with Gasteiger partial charge in [0.15, 0.2) is 5.76 Å². The Morgan fingerprint density at radius 2 is 1.29 bits per heavy atom. The zero-order chi connectivity index (χ0) is 37.2. The van der Waals surface area contributed by atoms with Crippen molar-refractivity contribution in [3.8, 4) is 22.5 Å². The van der Waals surface area contributed by atoms with E-state index in [9.17, 15) is 14.7 Å². The zero-order valence-corrected chi connectivity index (χ0v) is 40.1. The first-order valence-electron chi connectivity index (χ1n) is 17.6. The summed E-state index contributed by atoms with van der Waals surface area (Å²) in [5.41, 5.74) is 1.64. The van der Waals surface area contributed by atoms with Crippen molar-refractivity contribution in [3.05, 3.63) is 64.0 Å². The molecular formula is C38H42Cl4I4O5. The molecule has 2 aliphatic carbocycles. The van der Waals surface area contributed by atoms with Crippen molar-refractivity contribution in [2.75, 3.05) is 6.61 Å². The Morgan fingerprint density at radius 1 is 0.784 bits per heavy atom. The second-order valence-electron chi connectivity index (χ2n) is 13.0. The highest BCUT2D eigenvalue weighted by Gasteiger charge is 2.38. The lowest BCUT2D eigenvalue weighted by Gasteiger charge is -2.29. The van der Waals surface area contributed by atoms with Crippen LogP contribution in [-0.2, 0) is 4.74 Å². The molecule has 0 aromatic heterocycles. The molecule has 5 nitrogen and oxygen atoms in total. The molecule has 4 rings (SSSR count). The van der Waals surface area contributed by atoms with Crippen LogP contribution >= 0.6 is 137 Å². The van der Waals surface area contributed by atoms with Crippen molar-refractivity contribution in [1.82, 2.24) is 0 Å². The van der Waals surface area contributed by atoms with E-state index in [2.05, 4.69) is 52.1 Å². The van der Waals surface area contributed by atoms with Gasteiger partial charge in [-0.15, -0.1) is 0 Å². The van der Waals surface area contributed by atoms with Crippen molar-refractivity contribution in [1.29, 1.82) is 0 Å². The van der Waals surface area contributed by atoms with Gasteiger partial charge in [0, 0.05) is 25.8 Å². The fourth-order valence-electron chi connectivity index (χ4n) is 6.37. The van der Waals surface area contributed by atoms with Crippen molar-refractivity contribution in [3.63, 3.8) is 0 Å². The van der Waals surface area contributed by atoms with Gasteiger partial charge in [0.2, 0.25) is 5.43 Å². The first kappa shape index (κ1) is 44.6. The number of aliphatic hydroxyl groups excluding tert-OH is 1. The molecule has 0 saturated carbocycles. The van der Waals surface area contributed by atoms with Crippen LogP contribution in [0.15, 0.2) is 18.9 Å². The molecule has 1 aromatic rings. The number of halogens is 8. The van der Waals surface area contributed by atoms with Crippen LogP contribution in [-0.4, -0.2) is 23.8 Å². The van der Waals surface area contributed by atoms with Crippen LogP contribution in [0.5, 0.6) is 0 Å². The predicted octanol–water partition coefficient (Wildman–Crippen LogP) is 15.3. The molecule has 280 valence electrons. The number of rotatable bonds is 19. The molecule has 0 bridgehead atoms. The van der Waals surface area contributed by atoms with Crippen molar-refractivity contribution >= 4 is 149 Å². The number of carbonyl (C=O) groups excluding carboxylic acids is 1. The van der Waals surface area contributed by atoms with Crippen LogP contribution in [0.3, 0.4) is 0 Å². The number of hydrogen-bond donors (Lipinski definition) is 1. The van der Waals surface area contributed by atoms with Crippen LogP contribution in [0, 0.1) is 7.14 Å². The SMILES string of the molecule is CCCCCCCCCCCCCCCCCCOC(=O)c1c(Cl)c(Cl)c(Cl)c(Cl)c1-c1c2cc(I)c(=O)c(I)c-2oc2c1C=C(I)C(O)C2I. The van der Waals surface area contributed by atoms with Gasteiger partial charge in [0.1, 0.15) is 19.4 Å². The number of esters is 1. The van der Waals surface area contributed by atoms with Gasteiger partial charge in [-0.3, -0.25) is 4.79 Å². The van der Waals surface area contributed by atoms with Crippen LogP contribution in [0.25, 0.3) is 28.5 Å². The summed E-state index contributed by atoms with van der Waals surface area (Å²) in [4.78, 5) is 26.9. The van der Waals surface area contributed by atoms with Crippen molar-refractivity contribution in [2.24, 2.45) is 0 Å². The molecule has 1 heterocycles. The Kier molecular flexibility index (Phi) is 19.2. The predicted molar refractivity (Wildman–Crippen MR) is 247 cm³/mol. The van der Waals surface area contributed by atoms with Crippen LogP contribution in [0.2, 0.25) is 20.1 Å². The molecule has 1 aromatic carbocycles. The highest BCUT2D eigenvalue weighted by Crippen LogP contribution is 2.54. The van der Waals surface area contributed by atoms with E-state index in [1.165, 1.54) is 83.5 Å². The summed E-state index contributed by atoms with van der Waals surface area (Å²) in [5.74, 6) is 0.0551. The van der Waals surface area contributed by atoms with Crippen LogP contribution in [0.1, 0.15) is 135 Å². The number of aliphatic hydroxyl groups is 1. The molecule has 2 unspecified atom stereocenters. The molecule has 0 amide bonds. The fraction of sp³-hybridized carbons (Fsp3) is 0.526. The molecular weight excluding hydrogens is 1190 g/mol. The van der Waals surface area contributed by atoms with E-state index in [1.807, 2.05) is 45.2 Å². The summed E-state index contributed by atoms with van der Waals surface area (Å²) < 4.78 is 13.1. The van der Waals surface area contributed by atoms with Gasteiger partial charge < -0.3 is 14.3 Å². The highest BCUT2D eigenvalue weighted by molar-refractivity contribution is 14.1. The minimum absolute atomic E-state index is 0.0132. The Balaban J connectivity index is 1.45. The van der Waals surface area contributed by atoms with Crippen molar-refractivity contribution in [2.45, 2.75) is 120 Å². The van der Waals surface area contributed by atoms with Crippen LogP contribution < -0.4 is 5.43 Å². The summed E-state index contributed by atoms with van der Waals surface area (Å²) in [6, 6.07) is 1.70. The summed E-state index contributed by atoms with van der Waals surface area (Å²) >= 11 is 35.1. The molecule has 1 aliphatic heterocycles. The smallest absolute Gasteiger partial charge is 0.340 e. The lowest BCUT2D eigenvalue weighted by molar-refractivity contribution is 0.0498. The van der Waals surface area contributed by atoms with E-state index in [1.54, 1.807) is 12.1 Å². The largest absolute Gasteiger partial charge is 0.462 e. The molecule has 1 N–H and O–H groups in total. The molecule has 0 radical (unpaired) electrons. The van der Waals surface area contributed by atoms with E-state index >= 15 is 0 Å². The number of carbonyl (C=O) groups is 1. The van der Waals surface area contributed by atoms with E-state index in [4.69, 9.17) is 55.6 Å². The molecule has 0 saturated heterocycles. The lowest BCUT2D eigenvalue weighted by Crippen LogP contribution is -2.21.